The number of hydrogen-bond donors (Lipinski definition) is 2. The van der Waals surface area contributed by atoms with Crippen LogP contribution in [0.4, 0.5) is 5.69 Å². The first kappa shape index (κ1) is 14.9. The van der Waals surface area contributed by atoms with E-state index >= 15 is 0 Å². The lowest BCUT2D eigenvalue weighted by atomic mass is 10.1. The number of benzene rings is 1. The fourth-order valence-corrected chi connectivity index (χ4v) is 1.79. The summed E-state index contributed by atoms with van der Waals surface area (Å²) in [5.74, 6) is 0. The Hall–Kier alpha value is -1.13. The quantitative estimate of drug-likeness (QED) is 0.612. The van der Waals surface area contributed by atoms with E-state index in [4.69, 9.17) is 17.0 Å². The Morgan fingerprint density at radius 1 is 1.33 bits per heavy atom. The summed E-state index contributed by atoms with van der Waals surface area (Å²) >= 11 is 5.25. The van der Waals surface area contributed by atoms with E-state index in [-0.39, 0.29) is 0 Å². The summed E-state index contributed by atoms with van der Waals surface area (Å²) < 4.78 is 5.26. The standard InChI is InChI=1S/C14H22N2OS/c1-4-17-10-6-9-15-14(18)16-13-8-5-7-11(2)12(13)3/h5,7-8H,4,6,9-10H2,1-3H3,(H2,15,16,18). The summed E-state index contributed by atoms with van der Waals surface area (Å²) in [5, 5.41) is 7.07. The van der Waals surface area contributed by atoms with Crippen molar-refractivity contribution in [3.05, 3.63) is 29.3 Å². The SMILES string of the molecule is CCOCCCNC(=S)Nc1cccc(C)c1C. The van der Waals surface area contributed by atoms with E-state index in [0.717, 1.165) is 31.9 Å². The average molecular weight is 266 g/mol. The molecular formula is C14H22N2OS. The molecule has 0 amide bonds. The minimum atomic E-state index is 0.667. The van der Waals surface area contributed by atoms with Gasteiger partial charge in [0.25, 0.3) is 0 Å². The first-order chi connectivity index (χ1) is 8.65. The molecule has 1 aromatic rings. The van der Waals surface area contributed by atoms with Crippen LogP contribution in [0, 0.1) is 13.8 Å². The van der Waals surface area contributed by atoms with Gasteiger partial charge in [-0.1, -0.05) is 12.1 Å². The van der Waals surface area contributed by atoms with Crippen LogP contribution in [-0.2, 0) is 4.74 Å². The molecule has 0 bridgehead atoms. The number of thiocarbonyl (C=S) groups is 1. The average Bonchev–Trinajstić information content (AvgIpc) is 2.35. The number of aryl methyl sites for hydroxylation is 1. The zero-order valence-corrected chi connectivity index (χ0v) is 12.2. The van der Waals surface area contributed by atoms with Gasteiger partial charge in [-0.3, -0.25) is 0 Å². The fourth-order valence-electron chi connectivity index (χ4n) is 1.57. The fraction of sp³-hybridized carbons (Fsp3) is 0.500. The molecule has 1 rings (SSSR count). The maximum atomic E-state index is 5.26. The van der Waals surface area contributed by atoms with E-state index in [0.29, 0.717) is 5.11 Å². The summed E-state index contributed by atoms with van der Waals surface area (Å²) in [7, 11) is 0. The number of nitrogens with one attached hydrogen (secondary N) is 2. The Kier molecular flexibility index (Phi) is 6.68. The van der Waals surface area contributed by atoms with E-state index in [1.54, 1.807) is 0 Å². The summed E-state index contributed by atoms with van der Waals surface area (Å²) in [6, 6.07) is 6.16. The molecule has 0 aliphatic heterocycles. The van der Waals surface area contributed by atoms with Crippen molar-refractivity contribution < 1.29 is 4.74 Å². The van der Waals surface area contributed by atoms with Crippen molar-refractivity contribution in [3.63, 3.8) is 0 Å². The van der Waals surface area contributed by atoms with Gasteiger partial charge < -0.3 is 15.4 Å². The summed E-state index contributed by atoms with van der Waals surface area (Å²) in [4.78, 5) is 0. The molecule has 0 aliphatic rings. The molecule has 0 fully saturated rings. The van der Waals surface area contributed by atoms with Gasteiger partial charge in [0.15, 0.2) is 5.11 Å². The first-order valence-corrected chi connectivity index (χ1v) is 6.74. The van der Waals surface area contributed by atoms with Crippen molar-refractivity contribution >= 4 is 23.0 Å². The highest BCUT2D eigenvalue weighted by Gasteiger charge is 2.02. The molecule has 0 heterocycles. The van der Waals surface area contributed by atoms with Crippen LogP contribution in [0.3, 0.4) is 0 Å². The second kappa shape index (κ2) is 8.06. The van der Waals surface area contributed by atoms with Gasteiger partial charge in [-0.25, -0.2) is 0 Å². The maximum Gasteiger partial charge on any atom is 0.170 e. The minimum Gasteiger partial charge on any atom is -0.382 e. The van der Waals surface area contributed by atoms with Crippen molar-refractivity contribution in [1.29, 1.82) is 0 Å². The van der Waals surface area contributed by atoms with Gasteiger partial charge >= 0.3 is 0 Å². The van der Waals surface area contributed by atoms with Crippen LogP contribution in [0.15, 0.2) is 18.2 Å². The highest BCUT2D eigenvalue weighted by molar-refractivity contribution is 7.80. The van der Waals surface area contributed by atoms with Crippen LogP contribution in [0.25, 0.3) is 0 Å². The number of rotatable bonds is 6. The molecule has 0 radical (unpaired) electrons. The molecule has 0 aliphatic carbocycles. The highest BCUT2D eigenvalue weighted by atomic mass is 32.1. The van der Waals surface area contributed by atoms with Gasteiger partial charge in [0.1, 0.15) is 0 Å². The molecule has 3 nitrogen and oxygen atoms in total. The van der Waals surface area contributed by atoms with Crippen LogP contribution >= 0.6 is 12.2 Å². The van der Waals surface area contributed by atoms with Gasteiger partial charge in [-0.2, -0.15) is 0 Å². The monoisotopic (exact) mass is 266 g/mol. The van der Waals surface area contributed by atoms with Gasteiger partial charge in [0.2, 0.25) is 0 Å². The Morgan fingerprint density at radius 2 is 2.11 bits per heavy atom. The lowest BCUT2D eigenvalue weighted by Crippen LogP contribution is -2.30. The van der Waals surface area contributed by atoms with Gasteiger partial charge in [-0.05, 0) is 56.6 Å². The molecular weight excluding hydrogens is 244 g/mol. The summed E-state index contributed by atoms with van der Waals surface area (Å²) in [6.45, 7) is 8.56. The van der Waals surface area contributed by atoms with Gasteiger partial charge in [-0.15, -0.1) is 0 Å². The second-order valence-corrected chi connectivity index (χ2v) is 4.59. The van der Waals surface area contributed by atoms with Crippen LogP contribution < -0.4 is 10.6 Å². The Morgan fingerprint density at radius 3 is 2.83 bits per heavy atom. The van der Waals surface area contributed by atoms with E-state index < -0.39 is 0 Å². The molecule has 2 N–H and O–H groups in total. The second-order valence-electron chi connectivity index (χ2n) is 4.18. The van der Waals surface area contributed by atoms with Crippen LogP contribution in [0.5, 0.6) is 0 Å². The van der Waals surface area contributed by atoms with Crippen LogP contribution in [-0.4, -0.2) is 24.9 Å². The zero-order chi connectivity index (χ0) is 13.4. The summed E-state index contributed by atoms with van der Waals surface area (Å²) in [5.41, 5.74) is 3.56. The smallest absolute Gasteiger partial charge is 0.170 e. The third kappa shape index (κ3) is 5.02. The largest absolute Gasteiger partial charge is 0.382 e. The molecule has 0 atom stereocenters. The number of hydrogen-bond acceptors (Lipinski definition) is 2. The molecule has 100 valence electrons. The third-order valence-corrected chi connectivity index (χ3v) is 3.05. The Balaban J connectivity index is 2.34. The topological polar surface area (TPSA) is 33.3 Å². The molecule has 1 aromatic carbocycles. The maximum absolute atomic E-state index is 5.26. The normalized spacial score (nSPS) is 10.2. The predicted octanol–water partition coefficient (Wildman–Crippen LogP) is 3.02. The predicted molar refractivity (Wildman–Crippen MR) is 81.2 cm³/mol. The lowest BCUT2D eigenvalue weighted by molar-refractivity contribution is 0.146. The van der Waals surface area contributed by atoms with Gasteiger partial charge in [0.05, 0.1) is 0 Å². The summed E-state index contributed by atoms with van der Waals surface area (Å²) in [6.07, 6.45) is 0.961. The first-order valence-electron chi connectivity index (χ1n) is 6.34. The molecule has 4 heteroatoms. The van der Waals surface area contributed by atoms with Crippen molar-refractivity contribution in [2.24, 2.45) is 0 Å². The van der Waals surface area contributed by atoms with Gasteiger partial charge in [0, 0.05) is 25.4 Å². The van der Waals surface area contributed by atoms with Crippen LogP contribution in [0.2, 0.25) is 0 Å². The van der Waals surface area contributed by atoms with Crippen molar-refractivity contribution in [2.45, 2.75) is 27.2 Å². The minimum absolute atomic E-state index is 0.667. The number of ether oxygens (including phenoxy) is 1. The lowest BCUT2D eigenvalue weighted by Gasteiger charge is -2.13. The van der Waals surface area contributed by atoms with E-state index in [2.05, 4.69) is 30.5 Å². The molecule has 18 heavy (non-hydrogen) atoms. The van der Waals surface area contributed by atoms with E-state index in [1.807, 2.05) is 19.1 Å². The zero-order valence-electron chi connectivity index (χ0n) is 11.4. The van der Waals surface area contributed by atoms with Crippen molar-refractivity contribution in [3.8, 4) is 0 Å². The molecule has 0 aromatic heterocycles. The van der Waals surface area contributed by atoms with Crippen molar-refractivity contribution in [2.75, 3.05) is 25.1 Å². The third-order valence-electron chi connectivity index (χ3n) is 2.81. The molecule has 0 saturated heterocycles. The highest BCUT2D eigenvalue weighted by Crippen LogP contribution is 2.17. The molecule has 0 unspecified atom stereocenters. The molecule has 0 spiro atoms. The Bertz CT molecular complexity index is 393. The van der Waals surface area contributed by atoms with E-state index in [9.17, 15) is 0 Å². The van der Waals surface area contributed by atoms with E-state index in [1.165, 1.54) is 11.1 Å². The van der Waals surface area contributed by atoms with Crippen molar-refractivity contribution in [1.82, 2.24) is 5.32 Å². The molecule has 0 saturated carbocycles. The Labute approximate surface area is 115 Å². The number of anilines is 1. The van der Waals surface area contributed by atoms with Crippen LogP contribution in [0.1, 0.15) is 24.5 Å².